The Bertz CT molecular complexity index is 761. The third kappa shape index (κ3) is 4.68. The van der Waals surface area contributed by atoms with E-state index in [1.165, 1.54) is 0 Å². The minimum absolute atomic E-state index is 0.0796. The molecular weight excluding hydrogens is 314 g/mol. The van der Waals surface area contributed by atoms with Gasteiger partial charge in [0, 0.05) is 12.6 Å². The summed E-state index contributed by atoms with van der Waals surface area (Å²) in [4.78, 5) is 14.5. The lowest BCUT2D eigenvalue weighted by Crippen LogP contribution is -2.39. The fourth-order valence-electron chi connectivity index (χ4n) is 2.53. The van der Waals surface area contributed by atoms with Gasteiger partial charge in [-0.05, 0) is 45.0 Å². The zero-order valence-electron chi connectivity index (χ0n) is 15.2. The molecule has 0 radical (unpaired) electrons. The Kier molecular flexibility index (Phi) is 6.31. The molecule has 132 valence electrons. The molecule has 0 aliphatic rings. The molecule has 2 aromatic rings. The lowest BCUT2D eigenvalue weighted by molar-refractivity contribution is -0.120. The summed E-state index contributed by atoms with van der Waals surface area (Å²) in [6.45, 7) is 6.62. The number of aromatic nitrogens is 2. The number of hydrogen-bond donors (Lipinski definition) is 1. The van der Waals surface area contributed by atoms with Crippen LogP contribution < -0.4 is 5.32 Å². The molecule has 0 fully saturated rings. The summed E-state index contributed by atoms with van der Waals surface area (Å²) in [5, 5.41) is 16.2. The maximum Gasteiger partial charge on any atom is 0.242 e. The van der Waals surface area contributed by atoms with Crippen LogP contribution in [0.5, 0.6) is 0 Å². The van der Waals surface area contributed by atoms with Crippen molar-refractivity contribution in [1.29, 1.82) is 5.26 Å². The molecule has 1 aromatic heterocycles. The van der Waals surface area contributed by atoms with E-state index < -0.39 is 0 Å². The number of carbonyl (C=O) groups is 1. The molecule has 1 amide bonds. The topological polar surface area (TPSA) is 74.0 Å². The predicted molar refractivity (Wildman–Crippen MR) is 97.9 cm³/mol. The molecule has 25 heavy (non-hydrogen) atoms. The average molecular weight is 339 g/mol. The lowest BCUT2D eigenvalue weighted by Gasteiger charge is -2.24. The average Bonchev–Trinajstić information content (AvgIpc) is 3.08. The van der Waals surface area contributed by atoms with Crippen LogP contribution in [0.15, 0.2) is 36.5 Å². The minimum atomic E-state index is -0.314. The number of nitrogens with one attached hydrogen (secondary N) is 1. The summed E-state index contributed by atoms with van der Waals surface area (Å²) in [5.41, 5.74) is 1.63. The molecule has 0 aliphatic carbocycles. The Balaban J connectivity index is 2.02. The number of anilines is 1. The second-order valence-corrected chi connectivity index (χ2v) is 6.31. The van der Waals surface area contributed by atoms with Crippen molar-refractivity contribution in [2.75, 3.05) is 12.4 Å². The Morgan fingerprint density at radius 2 is 2.16 bits per heavy atom. The fraction of sp³-hybridized carbons (Fsp3) is 0.421. The van der Waals surface area contributed by atoms with Crippen molar-refractivity contribution in [1.82, 2.24) is 14.7 Å². The smallest absolute Gasteiger partial charge is 0.242 e. The first-order valence-electron chi connectivity index (χ1n) is 8.50. The van der Waals surface area contributed by atoms with Crippen molar-refractivity contribution < 1.29 is 4.79 Å². The molecule has 0 spiro atoms. The number of nitriles is 1. The number of benzene rings is 1. The summed E-state index contributed by atoms with van der Waals surface area (Å²) in [7, 11) is 1.90. The second kappa shape index (κ2) is 8.45. The van der Waals surface area contributed by atoms with Crippen LogP contribution in [0.2, 0.25) is 0 Å². The van der Waals surface area contributed by atoms with Crippen molar-refractivity contribution >= 4 is 11.7 Å². The first-order valence-corrected chi connectivity index (χ1v) is 8.50. The molecule has 2 atom stereocenters. The van der Waals surface area contributed by atoms with Crippen molar-refractivity contribution in [3.05, 3.63) is 47.7 Å². The van der Waals surface area contributed by atoms with Crippen molar-refractivity contribution in [2.24, 2.45) is 0 Å². The van der Waals surface area contributed by atoms with Gasteiger partial charge in [0.1, 0.15) is 5.82 Å². The number of nitrogens with zero attached hydrogens (tertiary/aromatic N) is 4. The van der Waals surface area contributed by atoms with E-state index in [9.17, 15) is 4.79 Å². The van der Waals surface area contributed by atoms with E-state index in [2.05, 4.69) is 30.3 Å². The molecular formula is C19H25N5O. The van der Waals surface area contributed by atoms with Gasteiger partial charge in [0.15, 0.2) is 0 Å². The van der Waals surface area contributed by atoms with Gasteiger partial charge in [0.2, 0.25) is 5.91 Å². The van der Waals surface area contributed by atoms with Crippen LogP contribution in [0, 0.1) is 11.3 Å². The number of rotatable bonds is 7. The van der Waals surface area contributed by atoms with Crippen LogP contribution in [0.25, 0.3) is 0 Å². The molecule has 6 nitrogen and oxygen atoms in total. The van der Waals surface area contributed by atoms with Crippen LogP contribution in [-0.4, -0.2) is 33.7 Å². The van der Waals surface area contributed by atoms with Crippen LogP contribution in [0.1, 0.15) is 44.4 Å². The van der Waals surface area contributed by atoms with Crippen LogP contribution in [0.3, 0.4) is 0 Å². The van der Waals surface area contributed by atoms with E-state index in [0.29, 0.717) is 17.9 Å². The van der Waals surface area contributed by atoms with E-state index in [-0.39, 0.29) is 18.0 Å². The normalized spacial score (nSPS) is 13.3. The molecule has 0 unspecified atom stereocenters. The van der Waals surface area contributed by atoms with Crippen molar-refractivity contribution in [3.8, 4) is 6.07 Å². The quantitative estimate of drug-likeness (QED) is 0.841. The van der Waals surface area contributed by atoms with Gasteiger partial charge in [-0.3, -0.25) is 9.69 Å². The Morgan fingerprint density at radius 3 is 2.84 bits per heavy atom. The number of likely N-dealkylation sites (N-methyl/N-ethyl adjacent to an activating group) is 1. The summed E-state index contributed by atoms with van der Waals surface area (Å²) in [6.07, 6.45) is 2.64. The molecule has 1 aromatic carbocycles. The lowest BCUT2D eigenvalue weighted by atomic mass is 10.1. The van der Waals surface area contributed by atoms with Gasteiger partial charge in [0.05, 0.1) is 29.9 Å². The molecule has 1 N–H and O–H groups in total. The van der Waals surface area contributed by atoms with Gasteiger partial charge >= 0.3 is 0 Å². The second-order valence-electron chi connectivity index (χ2n) is 6.31. The van der Waals surface area contributed by atoms with Crippen molar-refractivity contribution in [3.63, 3.8) is 0 Å². The zero-order valence-corrected chi connectivity index (χ0v) is 15.2. The Labute approximate surface area is 149 Å². The van der Waals surface area contributed by atoms with Crippen LogP contribution in [-0.2, 0) is 11.3 Å². The first kappa shape index (κ1) is 18.7. The van der Waals surface area contributed by atoms with E-state index in [4.69, 9.17) is 5.26 Å². The van der Waals surface area contributed by atoms with E-state index in [1.807, 2.05) is 47.8 Å². The number of carbonyl (C=O) groups excluding carboxylic acids is 1. The van der Waals surface area contributed by atoms with E-state index >= 15 is 0 Å². The van der Waals surface area contributed by atoms with Gasteiger partial charge in [-0.2, -0.15) is 10.4 Å². The highest BCUT2D eigenvalue weighted by Gasteiger charge is 2.20. The summed E-state index contributed by atoms with van der Waals surface area (Å²) in [5.74, 6) is 0.634. The van der Waals surface area contributed by atoms with Gasteiger partial charge in [-0.15, -0.1) is 0 Å². The Morgan fingerprint density at radius 1 is 1.40 bits per heavy atom. The number of amides is 1. The standard InChI is InChI=1S/C19H25N5O/c1-5-14(2)24-18(9-10-21-24)22-19(25)15(3)23(4)13-17-8-6-7-16(11-17)12-20/h6-11,14-15H,5,13H2,1-4H3,(H,22,25)/t14-,15-/m0/s1. The molecule has 2 rings (SSSR count). The monoisotopic (exact) mass is 339 g/mol. The highest BCUT2D eigenvalue weighted by molar-refractivity contribution is 5.93. The maximum absolute atomic E-state index is 12.6. The van der Waals surface area contributed by atoms with Crippen LogP contribution >= 0.6 is 0 Å². The molecule has 0 bridgehead atoms. The highest BCUT2D eigenvalue weighted by atomic mass is 16.2. The molecule has 1 heterocycles. The van der Waals surface area contributed by atoms with E-state index in [1.54, 1.807) is 12.3 Å². The molecule has 0 saturated carbocycles. The van der Waals surface area contributed by atoms with Gasteiger partial charge in [0.25, 0.3) is 0 Å². The zero-order chi connectivity index (χ0) is 18.4. The van der Waals surface area contributed by atoms with Gasteiger partial charge in [-0.25, -0.2) is 4.68 Å². The SMILES string of the molecule is CC[C@H](C)n1nccc1NC(=O)[C@H](C)N(C)Cc1cccc(C#N)c1. The largest absolute Gasteiger partial charge is 0.310 e. The third-order valence-electron chi connectivity index (χ3n) is 4.46. The van der Waals surface area contributed by atoms with Crippen molar-refractivity contribution in [2.45, 2.75) is 45.8 Å². The molecule has 6 heteroatoms. The van der Waals surface area contributed by atoms with E-state index in [0.717, 1.165) is 12.0 Å². The number of hydrogen-bond acceptors (Lipinski definition) is 4. The molecule has 0 aliphatic heterocycles. The minimum Gasteiger partial charge on any atom is -0.310 e. The van der Waals surface area contributed by atoms with Crippen LogP contribution in [0.4, 0.5) is 5.82 Å². The third-order valence-corrected chi connectivity index (χ3v) is 4.46. The summed E-state index contributed by atoms with van der Waals surface area (Å²) >= 11 is 0. The summed E-state index contributed by atoms with van der Waals surface area (Å²) in [6, 6.07) is 11.3. The fourth-order valence-corrected chi connectivity index (χ4v) is 2.53. The highest BCUT2D eigenvalue weighted by Crippen LogP contribution is 2.17. The Hall–Kier alpha value is -2.65. The predicted octanol–water partition coefficient (Wildman–Crippen LogP) is 3.18. The maximum atomic E-state index is 12.6. The first-order chi connectivity index (χ1) is 12.0. The van der Waals surface area contributed by atoms with Gasteiger partial charge < -0.3 is 5.32 Å². The molecule has 0 saturated heterocycles. The van der Waals surface area contributed by atoms with Gasteiger partial charge in [-0.1, -0.05) is 19.1 Å². The summed E-state index contributed by atoms with van der Waals surface area (Å²) < 4.78 is 1.83.